The van der Waals surface area contributed by atoms with Gasteiger partial charge < -0.3 is 19.3 Å². The molecule has 0 aromatic carbocycles. The van der Waals surface area contributed by atoms with Gasteiger partial charge in [0.1, 0.15) is 6.10 Å². The van der Waals surface area contributed by atoms with Gasteiger partial charge in [0.25, 0.3) is 0 Å². The van der Waals surface area contributed by atoms with E-state index in [1.165, 1.54) is 0 Å². The molecule has 3 unspecified atom stereocenters. The van der Waals surface area contributed by atoms with Crippen molar-refractivity contribution in [1.82, 2.24) is 14.8 Å². The molecule has 3 heterocycles. The molecule has 130 valence electrons. The summed E-state index contributed by atoms with van der Waals surface area (Å²) in [6.45, 7) is 3.58. The van der Waals surface area contributed by atoms with Gasteiger partial charge in [-0.3, -0.25) is 4.98 Å². The number of urea groups is 1. The Morgan fingerprint density at radius 1 is 1.21 bits per heavy atom. The first kappa shape index (κ1) is 15.8. The van der Waals surface area contributed by atoms with Crippen molar-refractivity contribution < 1.29 is 14.3 Å². The normalized spacial score (nSPS) is 29.8. The zero-order valence-electron chi connectivity index (χ0n) is 14.0. The van der Waals surface area contributed by atoms with Gasteiger partial charge >= 0.3 is 6.03 Å². The third-order valence-corrected chi connectivity index (χ3v) is 5.37. The van der Waals surface area contributed by atoms with Crippen molar-refractivity contribution in [2.24, 2.45) is 0 Å². The second kappa shape index (κ2) is 7.07. The van der Waals surface area contributed by atoms with Crippen molar-refractivity contribution in [1.29, 1.82) is 0 Å². The highest BCUT2D eigenvalue weighted by atomic mass is 16.5. The predicted octanol–water partition coefficient (Wildman–Crippen LogP) is 2.05. The number of likely N-dealkylation sites (tertiary alicyclic amines) is 1. The molecule has 6 nitrogen and oxygen atoms in total. The number of nitrogens with zero attached hydrogens (tertiary/aromatic N) is 3. The summed E-state index contributed by atoms with van der Waals surface area (Å²) in [5.74, 6) is 0. The average Bonchev–Trinajstić information content (AvgIpc) is 3.22. The number of fused-ring (bicyclic) bond motifs is 2. The number of hydrogen-bond donors (Lipinski definition) is 0. The minimum absolute atomic E-state index is 0.0350. The van der Waals surface area contributed by atoms with Crippen LogP contribution in [0.15, 0.2) is 24.5 Å². The van der Waals surface area contributed by atoms with Crippen LogP contribution in [0.1, 0.15) is 31.2 Å². The summed E-state index contributed by atoms with van der Waals surface area (Å²) in [5.41, 5.74) is 1.10. The van der Waals surface area contributed by atoms with Gasteiger partial charge in [0.05, 0.1) is 25.4 Å². The van der Waals surface area contributed by atoms with Crippen LogP contribution in [0, 0.1) is 0 Å². The van der Waals surface area contributed by atoms with E-state index >= 15 is 0 Å². The van der Waals surface area contributed by atoms with Crippen molar-refractivity contribution in [3.8, 4) is 0 Å². The summed E-state index contributed by atoms with van der Waals surface area (Å²) >= 11 is 0. The number of aromatic nitrogens is 1. The average molecular weight is 331 g/mol. The van der Waals surface area contributed by atoms with E-state index in [1.54, 1.807) is 12.4 Å². The Morgan fingerprint density at radius 2 is 2.00 bits per heavy atom. The lowest BCUT2D eigenvalue weighted by atomic mass is 10.1. The molecule has 2 amide bonds. The summed E-state index contributed by atoms with van der Waals surface area (Å²) in [5, 5.41) is 0. The van der Waals surface area contributed by atoms with E-state index < -0.39 is 0 Å². The topological polar surface area (TPSA) is 54.9 Å². The van der Waals surface area contributed by atoms with Crippen LogP contribution in [-0.2, 0) is 16.1 Å². The van der Waals surface area contributed by atoms with Crippen LogP contribution in [0.2, 0.25) is 0 Å². The summed E-state index contributed by atoms with van der Waals surface area (Å²) in [4.78, 5) is 20.9. The SMILES string of the molecule is O=C(N1CCCC1)N1CCOC2CCC1C2OCc1ccncc1. The van der Waals surface area contributed by atoms with Gasteiger partial charge in [0.15, 0.2) is 0 Å². The number of pyridine rings is 1. The van der Waals surface area contributed by atoms with Crippen LogP contribution >= 0.6 is 0 Å². The first-order chi connectivity index (χ1) is 11.8. The number of rotatable bonds is 3. The highest BCUT2D eigenvalue weighted by Gasteiger charge is 2.45. The zero-order valence-corrected chi connectivity index (χ0v) is 14.0. The lowest BCUT2D eigenvalue weighted by molar-refractivity contribution is -0.0596. The fourth-order valence-electron chi connectivity index (χ4n) is 4.11. The Hall–Kier alpha value is -1.66. The smallest absolute Gasteiger partial charge is 0.320 e. The maximum Gasteiger partial charge on any atom is 0.320 e. The number of carbonyl (C=O) groups is 1. The summed E-state index contributed by atoms with van der Waals surface area (Å²) < 4.78 is 12.2. The van der Waals surface area contributed by atoms with Crippen molar-refractivity contribution in [2.45, 2.75) is 50.5 Å². The molecule has 0 radical (unpaired) electrons. The van der Waals surface area contributed by atoms with Gasteiger partial charge in [-0.15, -0.1) is 0 Å². The van der Waals surface area contributed by atoms with E-state index in [4.69, 9.17) is 9.47 Å². The molecule has 2 bridgehead atoms. The van der Waals surface area contributed by atoms with Crippen LogP contribution in [0.3, 0.4) is 0 Å². The quantitative estimate of drug-likeness (QED) is 0.851. The van der Waals surface area contributed by atoms with Gasteiger partial charge in [-0.05, 0) is 43.4 Å². The van der Waals surface area contributed by atoms with E-state index in [2.05, 4.69) is 4.98 Å². The molecule has 1 saturated carbocycles. The van der Waals surface area contributed by atoms with E-state index in [0.29, 0.717) is 19.8 Å². The van der Waals surface area contributed by atoms with Crippen LogP contribution in [-0.4, -0.2) is 65.3 Å². The standard InChI is InChI=1S/C18H25N3O3/c22-18(20-9-1-2-10-20)21-11-12-23-16-4-3-15(21)17(16)24-13-14-5-7-19-8-6-14/h5-8,15-17H,1-4,9-13H2. The summed E-state index contributed by atoms with van der Waals surface area (Å²) in [6, 6.07) is 4.23. The molecule has 1 aromatic heterocycles. The first-order valence-corrected chi connectivity index (χ1v) is 9.00. The van der Waals surface area contributed by atoms with Gasteiger partial charge in [-0.1, -0.05) is 0 Å². The maximum atomic E-state index is 12.9. The molecule has 6 heteroatoms. The molecule has 0 N–H and O–H groups in total. The van der Waals surface area contributed by atoms with E-state index in [0.717, 1.165) is 44.3 Å². The maximum absolute atomic E-state index is 12.9. The third kappa shape index (κ3) is 3.13. The minimum Gasteiger partial charge on any atom is -0.374 e. The third-order valence-electron chi connectivity index (χ3n) is 5.37. The minimum atomic E-state index is -0.0350. The van der Waals surface area contributed by atoms with Gasteiger partial charge in [0, 0.05) is 32.0 Å². The molecule has 3 fully saturated rings. The zero-order chi connectivity index (χ0) is 16.4. The number of ether oxygens (including phenoxy) is 2. The van der Waals surface area contributed by atoms with Crippen molar-refractivity contribution in [3.05, 3.63) is 30.1 Å². The highest BCUT2D eigenvalue weighted by Crippen LogP contribution is 2.33. The van der Waals surface area contributed by atoms with E-state index in [1.807, 2.05) is 21.9 Å². The molecule has 3 atom stereocenters. The van der Waals surface area contributed by atoms with Crippen molar-refractivity contribution in [2.75, 3.05) is 26.2 Å². The number of hydrogen-bond acceptors (Lipinski definition) is 4. The highest BCUT2D eigenvalue weighted by molar-refractivity contribution is 5.75. The molecule has 2 aliphatic heterocycles. The molecule has 24 heavy (non-hydrogen) atoms. The summed E-state index contributed by atoms with van der Waals surface area (Å²) in [7, 11) is 0. The van der Waals surface area contributed by atoms with Crippen LogP contribution in [0.5, 0.6) is 0 Å². The number of carbonyl (C=O) groups excluding carboxylic acids is 1. The van der Waals surface area contributed by atoms with Crippen molar-refractivity contribution in [3.63, 3.8) is 0 Å². The Morgan fingerprint density at radius 3 is 2.79 bits per heavy atom. The molecular weight excluding hydrogens is 306 g/mol. The second-order valence-electron chi connectivity index (χ2n) is 6.86. The lowest BCUT2D eigenvalue weighted by Gasteiger charge is -2.34. The molecular formula is C18H25N3O3. The van der Waals surface area contributed by atoms with E-state index in [-0.39, 0.29) is 24.3 Å². The Balaban J connectivity index is 1.46. The Labute approximate surface area is 142 Å². The molecule has 2 saturated heterocycles. The Kier molecular flexibility index (Phi) is 4.67. The molecule has 3 aliphatic rings. The first-order valence-electron chi connectivity index (χ1n) is 9.00. The number of amides is 2. The van der Waals surface area contributed by atoms with Crippen LogP contribution in [0.25, 0.3) is 0 Å². The predicted molar refractivity (Wildman–Crippen MR) is 88.5 cm³/mol. The van der Waals surface area contributed by atoms with Crippen LogP contribution < -0.4 is 0 Å². The fourth-order valence-corrected chi connectivity index (χ4v) is 4.11. The molecule has 1 aromatic rings. The van der Waals surface area contributed by atoms with E-state index in [9.17, 15) is 4.79 Å². The lowest BCUT2D eigenvalue weighted by Crippen LogP contribution is -2.51. The molecule has 4 rings (SSSR count). The summed E-state index contributed by atoms with van der Waals surface area (Å²) in [6.07, 6.45) is 7.79. The van der Waals surface area contributed by atoms with Gasteiger partial charge in [-0.25, -0.2) is 4.79 Å². The largest absolute Gasteiger partial charge is 0.374 e. The molecule has 1 aliphatic carbocycles. The fraction of sp³-hybridized carbons (Fsp3) is 0.667. The van der Waals surface area contributed by atoms with Gasteiger partial charge in [-0.2, -0.15) is 0 Å². The van der Waals surface area contributed by atoms with Gasteiger partial charge in [0.2, 0.25) is 0 Å². The molecule has 0 spiro atoms. The van der Waals surface area contributed by atoms with Crippen molar-refractivity contribution >= 4 is 6.03 Å². The van der Waals surface area contributed by atoms with Crippen LogP contribution in [0.4, 0.5) is 4.79 Å². The Bertz CT molecular complexity index is 562. The second-order valence-corrected chi connectivity index (χ2v) is 6.86. The monoisotopic (exact) mass is 331 g/mol.